The number of β-amino-alcohol motifs (C(OH)–C–C–N with tert-alkyl or cyclic N) is 1. The van der Waals surface area contributed by atoms with Crippen molar-refractivity contribution in [3.8, 4) is 10.4 Å². The summed E-state index contributed by atoms with van der Waals surface area (Å²) < 4.78 is 15.3. The van der Waals surface area contributed by atoms with Crippen molar-refractivity contribution in [2.45, 2.75) is 90.3 Å². The molecule has 3 N–H and O–H groups in total. The number of nitrogens with zero attached hydrogens (tertiary/aromatic N) is 2. The first-order valence-corrected chi connectivity index (χ1v) is 14.4. The number of thiophene rings is 1. The van der Waals surface area contributed by atoms with E-state index in [0.717, 1.165) is 21.6 Å². The van der Waals surface area contributed by atoms with E-state index in [4.69, 9.17) is 6.57 Å². The second kappa shape index (κ2) is 10.9. The van der Waals surface area contributed by atoms with Crippen LogP contribution in [0.4, 0.5) is 4.39 Å². The summed E-state index contributed by atoms with van der Waals surface area (Å²) in [6.07, 6.45) is -2.70. The Morgan fingerprint density at radius 1 is 1.18 bits per heavy atom. The van der Waals surface area contributed by atoms with Crippen LogP contribution in [0.15, 0.2) is 29.6 Å². The molecule has 214 valence electrons. The van der Waals surface area contributed by atoms with Gasteiger partial charge in [-0.25, -0.2) is 11.0 Å². The molecule has 1 aromatic heterocycles. The average molecular weight is 569 g/mol. The quantitative estimate of drug-likeness (QED) is 0.438. The van der Waals surface area contributed by atoms with Gasteiger partial charge in [-0.05, 0) is 59.9 Å². The number of benzene rings is 1. The molecule has 1 aliphatic heterocycles. The van der Waals surface area contributed by atoms with Crippen LogP contribution < -0.4 is 10.6 Å². The van der Waals surface area contributed by atoms with Gasteiger partial charge in [0.15, 0.2) is 6.17 Å². The van der Waals surface area contributed by atoms with Crippen LogP contribution in [0.2, 0.25) is 0 Å². The van der Waals surface area contributed by atoms with Gasteiger partial charge in [-0.3, -0.25) is 19.2 Å². The molecule has 40 heavy (non-hydrogen) atoms. The Morgan fingerprint density at radius 3 is 2.38 bits per heavy atom. The molecule has 1 aliphatic carbocycles. The molecule has 0 spiro atoms. The minimum Gasteiger partial charge on any atom is -0.388 e. The number of alkyl halides is 1. The lowest BCUT2D eigenvalue weighted by Crippen LogP contribution is -2.60. The molecular weight excluding hydrogens is 531 g/mol. The molecule has 1 aromatic carbocycles. The van der Waals surface area contributed by atoms with Crippen molar-refractivity contribution < 1.29 is 23.9 Å². The largest absolute Gasteiger partial charge is 0.388 e. The Labute approximate surface area is 238 Å². The van der Waals surface area contributed by atoms with Gasteiger partial charge in [-0.1, -0.05) is 39.0 Å². The number of aliphatic hydroxyl groups is 1. The van der Waals surface area contributed by atoms with Crippen LogP contribution in [0, 0.1) is 25.8 Å². The SMILES string of the molecule is [C-]#[N+]C1(C(=O)N[C@H](C(=O)N2C[C@H](O)[C@H](F)[C@H]2C(=O)N[C@@H](C)c2ccc(-c3sccc3C)cc2C)C(C)(C)C)CC1. The van der Waals surface area contributed by atoms with Gasteiger partial charge in [0.25, 0.3) is 0 Å². The molecule has 0 radical (unpaired) electrons. The van der Waals surface area contributed by atoms with Gasteiger partial charge in [-0.15, -0.1) is 11.3 Å². The number of carbonyl (C=O) groups excluding carboxylic acids is 3. The van der Waals surface area contributed by atoms with E-state index in [1.54, 1.807) is 39.0 Å². The van der Waals surface area contributed by atoms with Crippen LogP contribution in [0.25, 0.3) is 15.3 Å². The lowest BCUT2D eigenvalue weighted by atomic mass is 9.85. The summed E-state index contributed by atoms with van der Waals surface area (Å²) in [6, 6.07) is 4.88. The molecule has 5 atom stereocenters. The van der Waals surface area contributed by atoms with E-state index in [1.807, 2.05) is 24.4 Å². The van der Waals surface area contributed by atoms with Gasteiger partial charge < -0.3 is 20.6 Å². The highest BCUT2D eigenvalue weighted by molar-refractivity contribution is 7.13. The van der Waals surface area contributed by atoms with Gasteiger partial charge in [-0.2, -0.15) is 0 Å². The summed E-state index contributed by atoms with van der Waals surface area (Å²) in [5.74, 6) is -1.93. The summed E-state index contributed by atoms with van der Waals surface area (Å²) in [5.41, 5.74) is 2.11. The average Bonchev–Trinajstić information content (AvgIpc) is 3.48. The van der Waals surface area contributed by atoms with Crippen LogP contribution in [0.1, 0.15) is 63.3 Å². The van der Waals surface area contributed by atoms with Gasteiger partial charge in [0.1, 0.15) is 18.2 Å². The first-order valence-electron chi connectivity index (χ1n) is 13.5. The Balaban J connectivity index is 1.53. The fraction of sp³-hybridized carbons (Fsp3) is 0.533. The molecule has 2 heterocycles. The molecule has 0 bridgehead atoms. The lowest BCUT2D eigenvalue weighted by Gasteiger charge is -2.35. The number of halogens is 1. The topological polar surface area (TPSA) is 103 Å². The van der Waals surface area contributed by atoms with Crippen molar-refractivity contribution in [1.29, 1.82) is 0 Å². The normalized spacial score (nSPS) is 23.2. The van der Waals surface area contributed by atoms with Crippen molar-refractivity contribution in [2.75, 3.05) is 6.54 Å². The van der Waals surface area contributed by atoms with Crippen LogP contribution in [-0.2, 0) is 14.4 Å². The molecule has 2 aromatic rings. The van der Waals surface area contributed by atoms with Gasteiger partial charge >= 0.3 is 11.4 Å². The zero-order valence-corrected chi connectivity index (χ0v) is 24.6. The highest BCUT2D eigenvalue weighted by atomic mass is 32.1. The summed E-state index contributed by atoms with van der Waals surface area (Å²) >= 11 is 1.66. The molecule has 8 nitrogen and oxygen atoms in total. The van der Waals surface area contributed by atoms with E-state index in [1.165, 1.54) is 10.4 Å². The minimum atomic E-state index is -1.99. The molecule has 10 heteroatoms. The number of aliphatic hydroxyl groups excluding tert-OH is 1. The summed E-state index contributed by atoms with van der Waals surface area (Å²) in [6.45, 7) is 18.0. The molecule has 2 fully saturated rings. The number of rotatable bonds is 7. The van der Waals surface area contributed by atoms with E-state index < -0.39 is 59.1 Å². The fourth-order valence-corrected chi connectivity index (χ4v) is 6.17. The van der Waals surface area contributed by atoms with E-state index in [0.29, 0.717) is 12.8 Å². The van der Waals surface area contributed by atoms with Crippen molar-refractivity contribution in [3.05, 3.63) is 57.8 Å². The number of carbonyl (C=O) groups is 3. The predicted octanol–water partition coefficient (Wildman–Crippen LogP) is 4.10. The van der Waals surface area contributed by atoms with E-state index in [2.05, 4.69) is 34.5 Å². The molecule has 1 saturated heterocycles. The zero-order valence-electron chi connectivity index (χ0n) is 23.7. The van der Waals surface area contributed by atoms with Crippen molar-refractivity contribution in [3.63, 3.8) is 0 Å². The second-order valence-electron chi connectivity index (χ2n) is 12.1. The molecule has 2 aliphatic rings. The smallest absolute Gasteiger partial charge is 0.309 e. The minimum absolute atomic E-state index is 0.378. The van der Waals surface area contributed by atoms with Crippen molar-refractivity contribution in [1.82, 2.24) is 15.5 Å². The second-order valence-corrected chi connectivity index (χ2v) is 13.0. The monoisotopic (exact) mass is 568 g/mol. The lowest BCUT2D eigenvalue weighted by molar-refractivity contribution is -0.145. The van der Waals surface area contributed by atoms with Crippen molar-refractivity contribution >= 4 is 29.1 Å². The molecule has 1 saturated carbocycles. The van der Waals surface area contributed by atoms with Gasteiger partial charge in [0.2, 0.25) is 11.8 Å². The van der Waals surface area contributed by atoms with E-state index >= 15 is 4.39 Å². The molecule has 0 unspecified atom stereocenters. The third-order valence-electron chi connectivity index (χ3n) is 7.91. The maximum atomic E-state index is 15.3. The Kier molecular flexibility index (Phi) is 8.12. The number of hydrogen-bond donors (Lipinski definition) is 3. The van der Waals surface area contributed by atoms with Crippen LogP contribution >= 0.6 is 11.3 Å². The van der Waals surface area contributed by atoms with Gasteiger partial charge in [0, 0.05) is 17.7 Å². The Bertz CT molecular complexity index is 1360. The van der Waals surface area contributed by atoms with E-state index in [-0.39, 0.29) is 6.54 Å². The highest BCUT2D eigenvalue weighted by Gasteiger charge is 2.60. The highest BCUT2D eigenvalue weighted by Crippen LogP contribution is 2.41. The molecular formula is C30H37FN4O4S. The predicted molar refractivity (Wildman–Crippen MR) is 152 cm³/mol. The van der Waals surface area contributed by atoms with Crippen molar-refractivity contribution in [2.24, 2.45) is 5.41 Å². The van der Waals surface area contributed by atoms with Crippen LogP contribution in [0.5, 0.6) is 0 Å². The zero-order chi connectivity index (χ0) is 29.6. The first-order chi connectivity index (χ1) is 18.7. The molecule has 4 rings (SSSR count). The first kappa shape index (κ1) is 29.7. The fourth-order valence-electron chi connectivity index (χ4n) is 5.25. The summed E-state index contributed by atoms with van der Waals surface area (Å²) in [4.78, 5) is 45.6. The Morgan fingerprint density at radius 2 is 1.85 bits per heavy atom. The van der Waals surface area contributed by atoms with Crippen LogP contribution in [0.3, 0.4) is 0 Å². The van der Waals surface area contributed by atoms with E-state index in [9.17, 15) is 19.5 Å². The Hall–Kier alpha value is -3.29. The van der Waals surface area contributed by atoms with Crippen LogP contribution in [-0.4, -0.2) is 64.2 Å². The maximum absolute atomic E-state index is 15.3. The maximum Gasteiger partial charge on any atom is 0.309 e. The number of nitrogens with one attached hydrogen (secondary N) is 2. The standard InChI is InChI=1S/C30H37FN4O4S/c1-16-10-13-40-24(16)19-8-9-20(17(2)14-19)18(3)33-26(37)23-22(31)21(36)15-35(23)27(38)25(29(4,5)6)34-28(39)30(32-7)11-12-30/h8-10,13-14,18,21-23,25,36H,11-12,15H2,1-6H3,(H,33,37)(H,34,39)/t18-,21-,22-,23-,25+/m0/s1. The summed E-state index contributed by atoms with van der Waals surface area (Å²) in [7, 11) is 0. The third-order valence-corrected chi connectivity index (χ3v) is 8.97. The number of aryl methyl sites for hydroxylation is 2. The number of likely N-dealkylation sites (tertiary alicyclic amines) is 1. The molecule has 3 amide bonds. The summed E-state index contributed by atoms with van der Waals surface area (Å²) in [5, 5.41) is 17.9. The third kappa shape index (κ3) is 5.63. The van der Waals surface area contributed by atoms with Gasteiger partial charge in [0.05, 0.1) is 12.6 Å². The number of amides is 3. The number of hydrogen-bond acceptors (Lipinski definition) is 5.